The maximum absolute atomic E-state index is 11.2. The van der Waals surface area contributed by atoms with E-state index in [2.05, 4.69) is 6.58 Å². The zero-order valence-electron chi connectivity index (χ0n) is 12.2. The summed E-state index contributed by atoms with van der Waals surface area (Å²) < 4.78 is 20.4. The molecule has 0 aromatic heterocycles. The third kappa shape index (κ3) is 13.6. The van der Waals surface area contributed by atoms with Crippen molar-refractivity contribution in [3.63, 3.8) is 0 Å². The first kappa shape index (κ1) is 19.8. The van der Waals surface area contributed by atoms with Gasteiger partial charge in [-0.05, 0) is 32.6 Å². The zero-order valence-corrected chi connectivity index (χ0v) is 13.1. The maximum atomic E-state index is 11.2. The minimum Gasteiger partial charge on any atom is -0.466 e. The monoisotopic (exact) mass is 322 g/mol. The summed E-state index contributed by atoms with van der Waals surface area (Å²) in [6.07, 6.45) is 3.18. The van der Waals surface area contributed by atoms with Crippen molar-refractivity contribution < 1.29 is 33.4 Å². The van der Waals surface area contributed by atoms with Crippen LogP contribution >= 0.6 is 7.60 Å². The predicted octanol–water partition coefficient (Wildman–Crippen LogP) is 1.78. The molecular weight excluding hydrogens is 299 g/mol. The van der Waals surface area contributed by atoms with Crippen LogP contribution in [0.3, 0.4) is 0 Å². The second-order valence-electron chi connectivity index (χ2n) is 4.66. The van der Waals surface area contributed by atoms with Crippen LogP contribution in [0.25, 0.3) is 0 Å². The van der Waals surface area contributed by atoms with Crippen LogP contribution < -0.4 is 0 Å². The standard InChI is InChI=1S/C13H23O7P/c1-3-12(14)20-11(2)7-5-4-6-9-19-13(15)8-10-21(16,17)18/h3,11H,1,4-10H2,2H3,(H2,16,17,18). The van der Waals surface area contributed by atoms with Crippen LogP contribution in [0, 0.1) is 0 Å². The van der Waals surface area contributed by atoms with Gasteiger partial charge >= 0.3 is 19.5 Å². The highest BCUT2D eigenvalue weighted by molar-refractivity contribution is 7.51. The van der Waals surface area contributed by atoms with Gasteiger partial charge in [0.05, 0.1) is 25.3 Å². The van der Waals surface area contributed by atoms with E-state index in [9.17, 15) is 14.2 Å². The summed E-state index contributed by atoms with van der Waals surface area (Å²) in [6.45, 7) is 5.33. The van der Waals surface area contributed by atoms with Crippen molar-refractivity contribution in [1.82, 2.24) is 0 Å². The van der Waals surface area contributed by atoms with E-state index in [-0.39, 0.29) is 19.1 Å². The number of carbonyl (C=O) groups excluding carboxylic acids is 2. The third-order valence-electron chi connectivity index (χ3n) is 2.61. The highest BCUT2D eigenvalue weighted by atomic mass is 31.2. The first-order valence-corrected chi connectivity index (χ1v) is 8.57. The predicted molar refractivity (Wildman–Crippen MR) is 76.7 cm³/mol. The topological polar surface area (TPSA) is 110 Å². The van der Waals surface area contributed by atoms with Gasteiger partial charge in [0.2, 0.25) is 0 Å². The number of hydrogen-bond acceptors (Lipinski definition) is 5. The van der Waals surface area contributed by atoms with Gasteiger partial charge in [-0.1, -0.05) is 6.58 Å². The minimum atomic E-state index is -4.14. The van der Waals surface area contributed by atoms with Crippen LogP contribution in [0.15, 0.2) is 12.7 Å². The fourth-order valence-corrected chi connectivity index (χ4v) is 1.98. The SMILES string of the molecule is C=CC(=O)OC(C)CCCCCOC(=O)CCP(=O)(O)O. The molecule has 0 aromatic rings. The average Bonchev–Trinajstić information content (AvgIpc) is 2.39. The van der Waals surface area contributed by atoms with Crippen molar-refractivity contribution in [3.8, 4) is 0 Å². The molecule has 8 heteroatoms. The lowest BCUT2D eigenvalue weighted by atomic mass is 10.1. The summed E-state index contributed by atoms with van der Waals surface area (Å²) in [5, 5.41) is 0. The van der Waals surface area contributed by atoms with E-state index < -0.39 is 25.7 Å². The molecule has 122 valence electrons. The average molecular weight is 322 g/mol. The molecule has 0 aliphatic heterocycles. The van der Waals surface area contributed by atoms with E-state index in [0.29, 0.717) is 12.8 Å². The van der Waals surface area contributed by atoms with E-state index in [1.807, 2.05) is 0 Å². The van der Waals surface area contributed by atoms with Gasteiger partial charge in [-0.25, -0.2) is 4.79 Å². The van der Waals surface area contributed by atoms with Gasteiger partial charge in [0.15, 0.2) is 0 Å². The Balaban J connectivity index is 3.51. The lowest BCUT2D eigenvalue weighted by molar-refractivity contribution is -0.144. The summed E-state index contributed by atoms with van der Waals surface area (Å²) in [6, 6.07) is 0. The molecule has 0 spiro atoms. The van der Waals surface area contributed by atoms with E-state index >= 15 is 0 Å². The first-order chi connectivity index (χ1) is 9.74. The molecule has 0 saturated heterocycles. The Morgan fingerprint density at radius 3 is 2.52 bits per heavy atom. The van der Waals surface area contributed by atoms with Crippen LogP contribution in [0.2, 0.25) is 0 Å². The van der Waals surface area contributed by atoms with Crippen molar-refractivity contribution in [2.24, 2.45) is 0 Å². The van der Waals surface area contributed by atoms with Gasteiger partial charge in [-0.3, -0.25) is 9.36 Å². The number of rotatable bonds is 11. The van der Waals surface area contributed by atoms with Crippen LogP contribution in [-0.2, 0) is 23.6 Å². The Bertz CT molecular complexity index is 388. The van der Waals surface area contributed by atoms with E-state index in [4.69, 9.17) is 19.3 Å². The van der Waals surface area contributed by atoms with Crippen molar-refractivity contribution in [2.45, 2.75) is 45.1 Å². The van der Waals surface area contributed by atoms with Gasteiger partial charge in [-0.15, -0.1) is 0 Å². The molecule has 1 atom stereocenters. The number of unbranched alkanes of at least 4 members (excludes halogenated alkanes) is 2. The van der Waals surface area contributed by atoms with Crippen LogP contribution in [-0.4, -0.2) is 40.6 Å². The molecule has 0 saturated carbocycles. The van der Waals surface area contributed by atoms with Gasteiger partial charge in [0.1, 0.15) is 0 Å². The molecule has 7 nitrogen and oxygen atoms in total. The lowest BCUT2D eigenvalue weighted by Crippen LogP contribution is -2.12. The number of hydrogen-bond donors (Lipinski definition) is 2. The molecule has 0 aromatic carbocycles. The molecule has 2 N–H and O–H groups in total. The highest BCUT2D eigenvalue weighted by Gasteiger charge is 2.15. The highest BCUT2D eigenvalue weighted by Crippen LogP contribution is 2.34. The Morgan fingerprint density at radius 1 is 1.29 bits per heavy atom. The van der Waals surface area contributed by atoms with Gasteiger partial charge < -0.3 is 19.3 Å². The molecule has 0 amide bonds. The van der Waals surface area contributed by atoms with E-state index in [1.165, 1.54) is 0 Å². The maximum Gasteiger partial charge on any atom is 0.330 e. The summed E-state index contributed by atoms with van der Waals surface area (Å²) in [5.74, 6) is -1.05. The summed E-state index contributed by atoms with van der Waals surface area (Å²) >= 11 is 0. The van der Waals surface area contributed by atoms with Crippen LogP contribution in [0.5, 0.6) is 0 Å². The Labute approximate surface area is 124 Å². The van der Waals surface area contributed by atoms with Crippen molar-refractivity contribution in [3.05, 3.63) is 12.7 Å². The molecule has 0 aliphatic rings. The Morgan fingerprint density at radius 2 is 1.95 bits per heavy atom. The molecule has 0 fully saturated rings. The molecule has 0 bridgehead atoms. The number of esters is 2. The fourth-order valence-electron chi connectivity index (χ4n) is 1.51. The van der Waals surface area contributed by atoms with E-state index in [1.54, 1.807) is 6.92 Å². The number of ether oxygens (including phenoxy) is 2. The lowest BCUT2D eigenvalue weighted by Gasteiger charge is -2.11. The first-order valence-electron chi connectivity index (χ1n) is 6.78. The Hall–Kier alpha value is -1.17. The van der Waals surface area contributed by atoms with Crippen LogP contribution in [0.4, 0.5) is 0 Å². The van der Waals surface area contributed by atoms with Gasteiger partial charge in [0, 0.05) is 6.08 Å². The largest absolute Gasteiger partial charge is 0.466 e. The van der Waals surface area contributed by atoms with Crippen molar-refractivity contribution in [2.75, 3.05) is 12.8 Å². The quantitative estimate of drug-likeness (QED) is 0.258. The summed E-state index contributed by atoms with van der Waals surface area (Å²) in [7, 11) is -4.14. The van der Waals surface area contributed by atoms with Crippen molar-refractivity contribution in [1.29, 1.82) is 0 Å². The smallest absolute Gasteiger partial charge is 0.330 e. The molecule has 0 radical (unpaired) electrons. The minimum absolute atomic E-state index is 0.179. The van der Waals surface area contributed by atoms with Crippen molar-refractivity contribution >= 4 is 19.5 Å². The zero-order chi connectivity index (χ0) is 16.3. The fraction of sp³-hybridized carbons (Fsp3) is 0.692. The molecule has 0 aliphatic carbocycles. The molecule has 21 heavy (non-hydrogen) atoms. The molecule has 0 rings (SSSR count). The van der Waals surface area contributed by atoms with E-state index in [0.717, 1.165) is 18.9 Å². The van der Waals surface area contributed by atoms with Gasteiger partial charge in [0.25, 0.3) is 0 Å². The van der Waals surface area contributed by atoms with Crippen LogP contribution in [0.1, 0.15) is 39.0 Å². The third-order valence-corrected chi connectivity index (χ3v) is 3.42. The second kappa shape index (κ2) is 10.5. The van der Waals surface area contributed by atoms with Gasteiger partial charge in [-0.2, -0.15) is 0 Å². The molecule has 0 heterocycles. The summed E-state index contributed by atoms with van der Waals surface area (Å²) in [5.41, 5.74) is 0. The number of carbonyl (C=O) groups is 2. The Kier molecular flexibility index (Phi) is 9.95. The molecular formula is C13H23O7P. The second-order valence-corrected chi connectivity index (χ2v) is 6.44. The molecule has 1 unspecified atom stereocenters. The summed E-state index contributed by atoms with van der Waals surface area (Å²) in [4.78, 5) is 39.3. The normalized spacial score (nSPS) is 12.5.